The van der Waals surface area contributed by atoms with E-state index in [1.54, 1.807) is 0 Å². The van der Waals surface area contributed by atoms with E-state index in [0.29, 0.717) is 39.6 Å². The van der Waals surface area contributed by atoms with Crippen LogP contribution in [0.15, 0.2) is 12.5 Å². The molecule has 0 fully saturated rings. The molecule has 1 rings (SSSR count). The van der Waals surface area contributed by atoms with Crippen LogP contribution in [0, 0.1) is 0 Å². The van der Waals surface area contributed by atoms with Gasteiger partial charge in [0.1, 0.15) is 25.7 Å². The maximum absolute atomic E-state index is 5.18. The van der Waals surface area contributed by atoms with Crippen molar-refractivity contribution in [2.45, 2.75) is 0 Å². The second-order valence-corrected chi connectivity index (χ2v) is 2.24. The van der Waals surface area contributed by atoms with Gasteiger partial charge in [-0.25, -0.2) is 0 Å². The summed E-state index contributed by atoms with van der Waals surface area (Å²) in [5, 5.41) is 0. The molecule has 71 valence electrons. The van der Waals surface area contributed by atoms with Crippen LogP contribution < -0.4 is 0 Å². The zero-order chi connectivity index (χ0) is 8.49. The van der Waals surface area contributed by atoms with Crippen molar-refractivity contribution in [3.8, 4) is 0 Å². The van der Waals surface area contributed by atoms with Gasteiger partial charge in [-0.2, -0.15) is 0 Å². The predicted octanol–water partition coefficient (Wildman–Crippen LogP) is 0.157. The molecule has 4 nitrogen and oxygen atoms in total. The summed E-state index contributed by atoms with van der Waals surface area (Å²) in [6, 6.07) is 0. The molecule has 1 aliphatic rings. The molecule has 0 aromatic carbocycles. The van der Waals surface area contributed by atoms with Gasteiger partial charge in [0.05, 0.1) is 26.4 Å². The minimum absolute atomic E-state index is 0. The van der Waals surface area contributed by atoms with Crippen molar-refractivity contribution in [2.24, 2.45) is 0 Å². The SMILES string of the molecule is C1=COCCOCCOCCO1.[Li]. The van der Waals surface area contributed by atoms with Crippen LogP contribution in [0.25, 0.3) is 0 Å². The molecular formula is C8H14LiO4. The van der Waals surface area contributed by atoms with Crippen molar-refractivity contribution >= 4 is 18.9 Å². The zero-order valence-electron chi connectivity index (χ0n) is 8.03. The Balaban J connectivity index is 0.00000144. The molecule has 0 amide bonds. The first-order valence-corrected chi connectivity index (χ1v) is 4.04. The molecule has 0 N–H and O–H groups in total. The first-order chi connectivity index (χ1) is 6.00. The number of hydrogen-bond donors (Lipinski definition) is 0. The molecule has 0 spiro atoms. The Labute approximate surface area is 90.4 Å². The van der Waals surface area contributed by atoms with Crippen LogP contribution in [0.1, 0.15) is 0 Å². The van der Waals surface area contributed by atoms with E-state index < -0.39 is 0 Å². The summed E-state index contributed by atoms with van der Waals surface area (Å²) in [4.78, 5) is 0. The van der Waals surface area contributed by atoms with Crippen LogP contribution in [-0.4, -0.2) is 58.5 Å². The molecule has 1 aliphatic heterocycles. The zero-order valence-corrected chi connectivity index (χ0v) is 8.03. The van der Waals surface area contributed by atoms with Crippen LogP contribution in [0.3, 0.4) is 0 Å². The summed E-state index contributed by atoms with van der Waals surface area (Å²) in [6.07, 6.45) is 3.04. The van der Waals surface area contributed by atoms with Gasteiger partial charge in [0.2, 0.25) is 0 Å². The van der Waals surface area contributed by atoms with E-state index in [9.17, 15) is 0 Å². The van der Waals surface area contributed by atoms with E-state index >= 15 is 0 Å². The summed E-state index contributed by atoms with van der Waals surface area (Å²) in [6.45, 7) is 3.53. The van der Waals surface area contributed by atoms with Crippen LogP contribution >= 0.6 is 0 Å². The standard InChI is InChI=1S/C8H14O4.Li/c1-2-10-5-6-12-8-7-11-4-3-9-1;/h1-2H,3-8H2;. The minimum atomic E-state index is 0. The molecule has 0 aromatic heterocycles. The number of rotatable bonds is 0. The molecule has 0 bridgehead atoms. The van der Waals surface area contributed by atoms with Gasteiger partial charge < -0.3 is 18.9 Å². The summed E-state index contributed by atoms with van der Waals surface area (Å²) in [7, 11) is 0. The Morgan fingerprint density at radius 3 is 1.46 bits per heavy atom. The van der Waals surface area contributed by atoms with Gasteiger partial charge in [-0.3, -0.25) is 0 Å². The Morgan fingerprint density at radius 2 is 1.00 bits per heavy atom. The fourth-order valence-corrected chi connectivity index (χ4v) is 0.751. The molecule has 0 saturated heterocycles. The van der Waals surface area contributed by atoms with Gasteiger partial charge >= 0.3 is 0 Å². The molecule has 0 atom stereocenters. The quantitative estimate of drug-likeness (QED) is 0.499. The smallest absolute Gasteiger partial charge is 0.117 e. The molecule has 0 unspecified atom stereocenters. The number of ether oxygens (including phenoxy) is 4. The Kier molecular flexibility index (Phi) is 9.83. The third-order valence-electron chi connectivity index (χ3n) is 1.31. The second-order valence-electron chi connectivity index (χ2n) is 2.24. The fraction of sp³-hybridized carbons (Fsp3) is 0.750. The monoisotopic (exact) mass is 181 g/mol. The van der Waals surface area contributed by atoms with E-state index in [-0.39, 0.29) is 18.9 Å². The average molecular weight is 181 g/mol. The molecule has 13 heavy (non-hydrogen) atoms. The van der Waals surface area contributed by atoms with E-state index in [4.69, 9.17) is 18.9 Å². The Hall–Kier alpha value is -0.143. The van der Waals surface area contributed by atoms with E-state index in [2.05, 4.69) is 0 Å². The third kappa shape index (κ3) is 8.19. The van der Waals surface area contributed by atoms with E-state index in [0.717, 1.165) is 0 Å². The molecule has 1 heterocycles. The van der Waals surface area contributed by atoms with Gasteiger partial charge in [0.25, 0.3) is 0 Å². The van der Waals surface area contributed by atoms with Gasteiger partial charge in [-0.15, -0.1) is 0 Å². The molecule has 5 heteroatoms. The molecule has 0 aliphatic carbocycles. The van der Waals surface area contributed by atoms with E-state index in [1.807, 2.05) is 0 Å². The van der Waals surface area contributed by atoms with Crippen LogP contribution in [0.2, 0.25) is 0 Å². The summed E-state index contributed by atoms with van der Waals surface area (Å²) < 4.78 is 20.4. The second kappa shape index (κ2) is 9.94. The average Bonchev–Trinajstić information content (AvgIpc) is 2.05. The molecule has 0 saturated carbocycles. The van der Waals surface area contributed by atoms with Crippen molar-refractivity contribution < 1.29 is 18.9 Å². The molecule has 0 aromatic rings. The van der Waals surface area contributed by atoms with Crippen molar-refractivity contribution in [3.05, 3.63) is 12.5 Å². The summed E-state index contributed by atoms with van der Waals surface area (Å²) in [5.74, 6) is 0. The molecule has 1 radical (unpaired) electrons. The van der Waals surface area contributed by atoms with Crippen LogP contribution in [0.5, 0.6) is 0 Å². The first kappa shape index (κ1) is 12.9. The van der Waals surface area contributed by atoms with Gasteiger partial charge in [0, 0.05) is 18.9 Å². The normalized spacial score (nSPS) is 19.7. The fourth-order valence-electron chi connectivity index (χ4n) is 0.751. The summed E-state index contributed by atoms with van der Waals surface area (Å²) >= 11 is 0. The minimum Gasteiger partial charge on any atom is -0.496 e. The summed E-state index contributed by atoms with van der Waals surface area (Å²) in [5.41, 5.74) is 0. The predicted molar refractivity (Wildman–Crippen MR) is 48.4 cm³/mol. The van der Waals surface area contributed by atoms with Crippen molar-refractivity contribution in [1.82, 2.24) is 0 Å². The maximum atomic E-state index is 5.18. The van der Waals surface area contributed by atoms with E-state index in [1.165, 1.54) is 12.5 Å². The van der Waals surface area contributed by atoms with Gasteiger partial charge in [-0.05, 0) is 0 Å². The van der Waals surface area contributed by atoms with Crippen molar-refractivity contribution in [2.75, 3.05) is 39.6 Å². The van der Waals surface area contributed by atoms with Crippen molar-refractivity contribution in [3.63, 3.8) is 0 Å². The van der Waals surface area contributed by atoms with Gasteiger partial charge in [-0.1, -0.05) is 0 Å². The van der Waals surface area contributed by atoms with Gasteiger partial charge in [0.15, 0.2) is 0 Å². The maximum Gasteiger partial charge on any atom is 0.117 e. The Bertz CT molecular complexity index is 115. The van der Waals surface area contributed by atoms with Crippen LogP contribution in [0.4, 0.5) is 0 Å². The topological polar surface area (TPSA) is 36.9 Å². The Morgan fingerprint density at radius 1 is 0.615 bits per heavy atom. The largest absolute Gasteiger partial charge is 0.496 e. The number of hydrogen-bond acceptors (Lipinski definition) is 4. The molecular weight excluding hydrogens is 167 g/mol. The van der Waals surface area contributed by atoms with Crippen molar-refractivity contribution in [1.29, 1.82) is 0 Å². The third-order valence-corrected chi connectivity index (χ3v) is 1.31. The van der Waals surface area contributed by atoms with Crippen LogP contribution in [-0.2, 0) is 18.9 Å². The first-order valence-electron chi connectivity index (χ1n) is 4.04.